The second-order valence-corrected chi connectivity index (χ2v) is 4.83. The standard InChI is InChI=1S/C11H18NO/c1-8(13)10-6-4-9-5-7-11(10)12(9,2)3/h6,9,11H,4-5,7H2,1-3H3/q+1. The van der Waals surface area contributed by atoms with Gasteiger partial charge in [-0.05, 0) is 6.92 Å². The molecular weight excluding hydrogens is 162 g/mol. The van der Waals surface area contributed by atoms with Crippen LogP contribution in [0.2, 0.25) is 0 Å². The maximum atomic E-state index is 11.4. The number of hydrogen-bond acceptors (Lipinski definition) is 1. The fourth-order valence-electron chi connectivity index (χ4n) is 2.95. The molecule has 0 aromatic rings. The van der Waals surface area contributed by atoms with Crippen LogP contribution in [0.3, 0.4) is 0 Å². The predicted octanol–water partition coefficient (Wildman–Crippen LogP) is 1.51. The van der Waals surface area contributed by atoms with Crippen LogP contribution in [0, 0.1) is 0 Å². The van der Waals surface area contributed by atoms with E-state index < -0.39 is 0 Å². The molecule has 2 heterocycles. The summed E-state index contributed by atoms with van der Waals surface area (Å²) < 4.78 is 1.03. The van der Waals surface area contributed by atoms with Gasteiger partial charge in [0.1, 0.15) is 6.04 Å². The van der Waals surface area contributed by atoms with Crippen molar-refractivity contribution >= 4 is 5.78 Å². The number of quaternary nitrogens is 1. The number of fused-ring (bicyclic) bond motifs is 2. The van der Waals surface area contributed by atoms with Crippen LogP contribution in [-0.4, -0.2) is 36.4 Å². The molecule has 2 aliphatic rings. The number of nitrogens with zero attached hydrogens (tertiary/aromatic N) is 1. The van der Waals surface area contributed by atoms with Crippen LogP contribution >= 0.6 is 0 Å². The van der Waals surface area contributed by atoms with Crippen LogP contribution in [0.4, 0.5) is 0 Å². The lowest BCUT2D eigenvalue weighted by Crippen LogP contribution is -2.53. The van der Waals surface area contributed by atoms with Crippen molar-refractivity contribution in [1.82, 2.24) is 0 Å². The Morgan fingerprint density at radius 1 is 1.46 bits per heavy atom. The predicted molar refractivity (Wildman–Crippen MR) is 52.3 cm³/mol. The molecule has 0 aromatic heterocycles. The van der Waals surface area contributed by atoms with Gasteiger partial charge < -0.3 is 4.48 Å². The number of carbonyl (C=O) groups is 1. The fraction of sp³-hybridized carbons (Fsp3) is 0.727. The quantitative estimate of drug-likeness (QED) is 0.559. The first-order chi connectivity index (χ1) is 6.03. The zero-order valence-corrected chi connectivity index (χ0v) is 8.71. The fourth-order valence-corrected chi connectivity index (χ4v) is 2.95. The van der Waals surface area contributed by atoms with Crippen molar-refractivity contribution in [1.29, 1.82) is 0 Å². The molecule has 2 bridgehead atoms. The van der Waals surface area contributed by atoms with E-state index in [9.17, 15) is 4.79 Å². The molecule has 0 N–H and O–H groups in total. The molecule has 2 rings (SSSR count). The zero-order valence-electron chi connectivity index (χ0n) is 8.71. The number of rotatable bonds is 1. The highest BCUT2D eigenvalue weighted by atomic mass is 16.1. The first-order valence-electron chi connectivity index (χ1n) is 5.08. The smallest absolute Gasteiger partial charge is 0.161 e. The van der Waals surface area contributed by atoms with E-state index in [0.29, 0.717) is 6.04 Å². The van der Waals surface area contributed by atoms with E-state index in [1.807, 2.05) is 0 Å². The molecule has 72 valence electrons. The van der Waals surface area contributed by atoms with E-state index >= 15 is 0 Å². The van der Waals surface area contributed by atoms with E-state index in [2.05, 4.69) is 20.2 Å². The van der Waals surface area contributed by atoms with Crippen molar-refractivity contribution < 1.29 is 9.28 Å². The van der Waals surface area contributed by atoms with Gasteiger partial charge in [-0.2, -0.15) is 0 Å². The number of ketones is 1. The highest BCUT2D eigenvalue weighted by Gasteiger charge is 2.47. The second-order valence-electron chi connectivity index (χ2n) is 4.83. The summed E-state index contributed by atoms with van der Waals surface area (Å²) in [5.41, 5.74) is 1.08. The van der Waals surface area contributed by atoms with Gasteiger partial charge in [0, 0.05) is 24.8 Å². The maximum Gasteiger partial charge on any atom is 0.161 e. The van der Waals surface area contributed by atoms with Gasteiger partial charge in [0.25, 0.3) is 0 Å². The summed E-state index contributed by atoms with van der Waals surface area (Å²) in [6, 6.07) is 1.24. The number of hydrogen-bond donors (Lipinski definition) is 0. The minimum atomic E-state index is 0.275. The van der Waals surface area contributed by atoms with E-state index in [0.717, 1.165) is 22.5 Å². The van der Waals surface area contributed by atoms with E-state index in [1.165, 1.54) is 12.8 Å². The van der Waals surface area contributed by atoms with Crippen LogP contribution in [0.5, 0.6) is 0 Å². The Morgan fingerprint density at radius 2 is 2.15 bits per heavy atom. The van der Waals surface area contributed by atoms with Crippen molar-refractivity contribution in [2.45, 2.75) is 38.3 Å². The van der Waals surface area contributed by atoms with Crippen LogP contribution in [0.25, 0.3) is 0 Å². The summed E-state index contributed by atoms with van der Waals surface area (Å²) in [7, 11) is 4.52. The molecule has 2 unspecified atom stereocenters. The van der Waals surface area contributed by atoms with Gasteiger partial charge in [-0.1, -0.05) is 6.08 Å². The van der Waals surface area contributed by atoms with E-state index in [-0.39, 0.29) is 5.78 Å². The first-order valence-corrected chi connectivity index (χ1v) is 5.08. The van der Waals surface area contributed by atoms with Gasteiger partial charge in [-0.25, -0.2) is 0 Å². The molecule has 0 radical (unpaired) electrons. The minimum absolute atomic E-state index is 0.275. The Bertz CT molecular complexity index is 278. The van der Waals surface area contributed by atoms with Gasteiger partial charge in [-0.15, -0.1) is 0 Å². The summed E-state index contributed by atoms with van der Waals surface area (Å²) in [6.45, 7) is 1.70. The van der Waals surface area contributed by atoms with Crippen LogP contribution in [0.15, 0.2) is 11.6 Å². The summed E-state index contributed by atoms with van der Waals surface area (Å²) in [6.07, 6.45) is 5.75. The van der Waals surface area contributed by atoms with Gasteiger partial charge in [0.2, 0.25) is 0 Å². The molecular formula is C11H18NO+. The summed E-state index contributed by atoms with van der Waals surface area (Å²) in [4.78, 5) is 11.4. The average molecular weight is 180 g/mol. The second kappa shape index (κ2) is 2.68. The lowest BCUT2D eigenvalue weighted by molar-refractivity contribution is -0.921. The molecule has 0 spiro atoms. The van der Waals surface area contributed by atoms with Crippen molar-refractivity contribution in [3.05, 3.63) is 11.6 Å². The Balaban J connectivity index is 2.36. The van der Waals surface area contributed by atoms with Crippen molar-refractivity contribution in [2.75, 3.05) is 14.1 Å². The third-order valence-electron chi connectivity index (χ3n) is 3.89. The Hall–Kier alpha value is -0.630. The molecule has 1 fully saturated rings. The molecule has 2 aliphatic heterocycles. The normalized spacial score (nSPS) is 35.8. The largest absolute Gasteiger partial charge is 0.320 e. The Labute approximate surface area is 79.8 Å². The molecule has 2 nitrogen and oxygen atoms in total. The summed E-state index contributed by atoms with van der Waals surface area (Å²) in [5.74, 6) is 0.275. The average Bonchev–Trinajstić information content (AvgIpc) is 2.27. The SMILES string of the molecule is CC(=O)C1=CCC2CCC1[N+]2(C)C. The Morgan fingerprint density at radius 3 is 2.77 bits per heavy atom. The third kappa shape index (κ3) is 1.16. The van der Waals surface area contributed by atoms with Gasteiger partial charge >= 0.3 is 0 Å². The minimum Gasteiger partial charge on any atom is -0.320 e. The lowest BCUT2D eigenvalue weighted by atomic mass is 9.96. The topological polar surface area (TPSA) is 17.1 Å². The lowest BCUT2D eigenvalue weighted by Gasteiger charge is -2.40. The monoisotopic (exact) mass is 180 g/mol. The highest BCUT2D eigenvalue weighted by Crippen LogP contribution is 2.39. The Kier molecular flexibility index (Phi) is 1.84. The van der Waals surface area contributed by atoms with Crippen LogP contribution in [-0.2, 0) is 4.79 Å². The number of Topliss-reactive ketones (excluding diaryl/α,β-unsaturated/α-hetero) is 1. The maximum absolute atomic E-state index is 11.4. The molecule has 0 aromatic carbocycles. The molecule has 0 amide bonds. The molecule has 1 saturated heterocycles. The number of carbonyl (C=O) groups excluding carboxylic acids is 1. The summed E-state index contributed by atoms with van der Waals surface area (Å²) in [5, 5.41) is 0. The molecule has 13 heavy (non-hydrogen) atoms. The third-order valence-corrected chi connectivity index (χ3v) is 3.89. The van der Waals surface area contributed by atoms with Crippen LogP contribution < -0.4 is 0 Å². The van der Waals surface area contributed by atoms with E-state index in [4.69, 9.17) is 0 Å². The molecule has 2 heteroatoms. The van der Waals surface area contributed by atoms with Gasteiger partial charge in [0.15, 0.2) is 5.78 Å². The van der Waals surface area contributed by atoms with Gasteiger partial charge in [0.05, 0.1) is 20.1 Å². The van der Waals surface area contributed by atoms with Gasteiger partial charge in [-0.3, -0.25) is 4.79 Å². The van der Waals surface area contributed by atoms with Crippen LogP contribution in [0.1, 0.15) is 26.2 Å². The van der Waals surface area contributed by atoms with Crippen molar-refractivity contribution in [3.8, 4) is 0 Å². The summed E-state index contributed by atoms with van der Waals surface area (Å²) >= 11 is 0. The zero-order chi connectivity index (χ0) is 9.64. The number of likely N-dealkylation sites (N-methyl/N-ethyl adjacent to an activating group) is 1. The van der Waals surface area contributed by atoms with Crippen molar-refractivity contribution in [2.24, 2.45) is 0 Å². The molecule has 0 saturated carbocycles. The van der Waals surface area contributed by atoms with E-state index in [1.54, 1.807) is 6.92 Å². The van der Waals surface area contributed by atoms with Crippen molar-refractivity contribution in [3.63, 3.8) is 0 Å². The molecule has 2 atom stereocenters. The highest BCUT2D eigenvalue weighted by molar-refractivity contribution is 5.94. The molecule has 0 aliphatic carbocycles. The first kappa shape index (κ1) is 8.95.